The number of rotatable bonds is 3. The second-order valence-corrected chi connectivity index (χ2v) is 5.87. The van der Waals surface area contributed by atoms with Gasteiger partial charge in [-0.15, -0.1) is 0 Å². The molecule has 1 heterocycles. The van der Waals surface area contributed by atoms with Crippen LogP contribution in [-0.4, -0.2) is 19.0 Å². The maximum Gasteiger partial charge on any atom is 0.416 e. The van der Waals surface area contributed by atoms with Crippen molar-refractivity contribution in [1.82, 2.24) is 0 Å². The molecule has 0 aromatic heterocycles. The monoisotopic (exact) mass is 326 g/mol. The zero-order valence-electron chi connectivity index (χ0n) is 13.2. The molecule has 0 spiro atoms. The normalized spacial score (nSPS) is 15.9. The molecule has 1 amide bonds. The summed E-state index contributed by atoms with van der Waals surface area (Å²) in [5, 5.41) is 2.56. The van der Waals surface area contributed by atoms with Gasteiger partial charge in [-0.25, -0.2) is 0 Å². The van der Waals surface area contributed by atoms with Gasteiger partial charge in [-0.05, 0) is 38.0 Å². The molecule has 2 rings (SSSR count). The van der Waals surface area contributed by atoms with Crippen molar-refractivity contribution in [2.45, 2.75) is 38.8 Å². The third kappa shape index (κ3) is 4.50. The lowest BCUT2D eigenvalue weighted by Crippen LogP contribution is -2.26. The largest absolute Gasteiger partial charge is 0.416 e. The topological polar surface area (TPSA) is 32.3 Å². The minimum Gasteiger partial charge on any atom is -0.370 e. The molecule has 0 aliphatic carbocycles. The molecule has 0 radical (unpaired) electrons. The minimum absolute atomic E-state index is 0.190. The Labute approximate surface area is 134 Å². The summed E-state index contributed by atoms with van der Waals surface area (Å²) < 4.78 is 38.9. The fraction of sp³-hybridized carbons (Fsp3) is 0.471. The van der Waals surface area contributed by atoms with E-state index in [4.69, 9.17) is 0 Å². The quantitative estimate of drug-likeness (QED) is 0.823. The molecule has 1 aromatic carbocycles. The number of anilines is 2. The van der Waals surface area contributed by atoms with Crippen molar-refractivity contribution >= 4 is 17.3 Å². The van der Waals surface area contributed by atoms with Gasteiger partial charge in [0.1, 0.15) is 0 Å². The van der Waals surface area contributed by atoms with Gasteiger partial charge in [0.25, 0.3) is 5.91 Å². The average molecular weight is 326 g/mol. The molecule has 0 bridgehead atoms. The van der Waals surface area contributed by atoms with Crippen LogP contribution in [-0.2, 0) is 11.0 Å². The van der Waals surface area contributed by atoms with Crippen molar-refractivity contribution in [2.24, 2.45) is 0 Å². The van der Waals surface area contributed by atoms with E-state index in [9.17, 15) is 18.0 Å². The summed E-state index contributed by atoms with van der Waals surface area (Å²) in [7, 11) is 0. The lowest BCUT2D eigenvalue weighted by atomic mass is 10.1. The number of halogens is 3. The van der Waals surface area contributed by atoms with Crippen LogP contribution >= 0.6 is 0 Å². The zero-order chi connectivity index (χ0) is 17.0. The van der Waals surface area contributed by atoms with E-state index in [1.807, 2.05) is 4.90 Å². The molecule has 6 heteroatoms. The Balaban J connectivity index is 2.38. The molecule has 1 aliphatic heterocycles. The summed E-state index contributed by atoms with van der Waals surface area (Å²) in [6, 6.07) is 3.51. The Hall–Kier alpha value is -1.98. The number of carbonyl (C=O) groups excluding carboxylic acids is 1. The van der Waals surface area contributed by atoms with Crippen molar-refractivity contribution < 1.29 is 18.0 Å². The van der Waals surface area contributed by atoms with Crippen molar-refractivity contribution in [3.63, 3.8) is 0 Å². The number of amides is 1. The Bertz CT molecular complexity index is 588. The molecule has 23 heavy (non-hydrogen) atoms. The molecule has 1 fully saturated rings. The molecule has 1 saturated heterocycles. The van der Waals surface area contributed by atoms with Gasteiger partial charge in [-0.3, -0.25) is 4.79 Å². The fourth-order valence-corrected chi connectivity index (χ4v) is 2.63. The van der Waals surface area contributed by atoms with E-state index in [-0.39, 0.29) is 11.3 Å². The molecule has 1 N–H and O–H groups in total. The second kappa shape index (κ2) is 7.06. The van der Waals surface area contributed by atoms with E-state index in [2.05, 4.69) is 11.9 Å². The Morgan fingerprint density at radius 3 is 2.30 bits per heavy atom. The van der Waals surface area contributed by atoms with Crippen LogP contribution in [0.25, 0.3) is 0 Å². The Kier molecular flexibility index (Phi) is 5.34. The van der Waals surface area contributed by atoms with Gasteiger partial charge in [0.05, 0.1) is 16.9 Å². The standard InChI is InChI=1S/C17H21F3N2O/c1-12(2)16(23)21-14-11-13(17(18,19)20)7-8-15(14)22-9-5-3-4-6-10-22/h7-8,11H,1,3-6,9-10H2,2H3,(H,21,23). The average Bonchev–Trinajstić information content (AvgIpc) is 2.75. The number of nitrogens with one attached hydrogen (secondary N) is 1. The van der Waals surface area contributed by atoms with Crippen molar-refractivity contribution in [2.75, 3.05) is 23.3 Å². The van der Waals surface area contributed by atoms with E-state index in [1.54, 1.807) is 0 Å². The minimum atomic E-state index is -4.44. The molecule has 0 atom stereocenters. The summed E-state index contributed by atoms with van der Waals surface area (Å²) in [5.74, 6) is -0.472. The van der Waals surface area contributed by atoms with Crippen LogP contribution in [0.3, 0.4) is 0 Å². The molecular weight excluding hydrogens is 305 g/mol. The van der Waals surface area contributed by atoms with E-state index in [0.717, 1.165) is 50.9 Å². The van der Waals surface area contributed by atoms with Gasteiger partial charge in [-0.2, -0.15) is 13.2 Å². The number of hydrogen-bond donors (Lipinski definition) is 1. The number of alkyl halides is 3. The van der Waals surface area contributed by atoms with Gasteiger partial charge in [0, 0.05) is 18.7 Å². The van der Waals surface area contributed by atoms with E-state index >= 15 is 0 Å². The van der Waals surface area contributed by atoms with Gasteiger partial charge < -0.3 is 10.2 Å². The summed E-state index contributed by atoms with van der Waals surface area (Å²) >= 11 is 0. The SMILES string of the molecule is C=C(C)C(=O)Nc1cc(C(F)(F)F)ccc1N1CCCCCC1. The molecular formula is C17H21F3N2O. The third-order valence-electron chi connectivity index (χ3n) is 3.91. The highest BCUT2D eigenvalue weighted by atomic mass is 19.4. The van der Waals surface area contributed by atoms with Crippen LogP contribution < -0.4 is 10.2 Å². The maximum absolute atomic E-state index is 13.0. The Morgan fingerprint density at radius 1 is 1.17 bits per heavy atom. The first-order valence-electron chi connectivity index (χ1n) is 7.72. The van der Waals surface area contributed by atoms with Crippen LogP contribution in [0, 0.1) is 0 Å². The summed E-state index contributed by atoms with van der Waals surface area (Å²) in [4.78, 5) is 13.9. The predicted molar refractivity (Wildman–Crippen MR) is 85.6 cm³/mol. The molecule has 1 aromatic rings. The Morgan fingerprint density at radius 2 is 1.78 bits per heavy atom. The van der Waals surface area contributed by atoms with Gasteiger partial charge in [0.15, 0.2) is 0 Å². The van der Waals surface area contributed by atoms with Crippen molar-refractivity contribution in [1.29, 1.82) is 0 Å². The maximum atomic E-state index is 13.0. The number of benzene rings is 1. The summed E-state index contributed by atoms with van der Waals surface area (Å²) in [5.41, 5.74) is 0.307. The van der Waals surface area contributed by atoms with Crippen LogP contribution in [0.4, 0.5) is 24.5 Å². The van der Waals surface area contributed by atoms with Crippen LogP contribution in [0.15, 0.2) is 30.4 Å². The van der Waals surface area contributed by atoms with Crippen molar-refractivity contribution in [3.8, 4) is 0 Å². The first-order chi connectivity index (χ1) is 10.8. The third-order valence-corrected chi connectivity index (χ3v) is 3.91. The van der Waals surface area contributed by atoms with E-state index < -0.39 is 17.6 Å². The highest BCUT2D eigenvalue weighted by molar-refractivity contribution is 6.04. The lowest BCUT2D eigenvalue weighted by Gasteiger charge is -2.26. The van der Waals surface area contributed by atoms with Gasteiger partial charge in [0.2, 0.25) is 0 Å². The van der Waals surface area contributed by atoms with E-state index in [1.165, 1.54) is 13.0 Å². The number of hydrogen-bond acceptors (Lipinski definition) is 2. The first-order valence-corrected chi connectivity index (χ1v) is 7.72. The van der Waals surface area contributed by atoms with Crippen molar-refractivity contribution in [3.05, 3.63) is 35.9 Å². The lowest BCUT2D eigenvalue weighted by molar-refractivity contribution is -0.137. The number of nitrogens with zero attached hydrogens (tertiary/aromatic N) is 1. The molecule has 126 valence electrons. The number of carbonyl (C=O) groups is 1. The van der Waals surface area contributed by atoms with Gasteiger partial charge in [-0.1, -0.05) is 19.4 Å². The first kappa shape index (κ1) is 17.4. The molecule has 3 nitrogen and oxygen atoms in total. The van der Waals surface area contributed by atoms with E-state index in [0.29, 0.717) is 5.69 Å². The molecule has 0 saturated carbocycles. The van der Waals surface area contributed by atoms with Crippen LogP contribution in [0.1, 0.15) is 38.2 Å². The van der Waals surface area contributed by atoms with Gasteiger partial charge >= 0.3 is 6.18 Å². The van der Waals surface area contributed by atoms with Crippen LogP contribution in [0.2, 0.25) is 0 Å². The highest BCUT2D eigenvalue weighted by Crippen LogP contribution is 2.36. The van der Waals surface area contributed by atoms with Crippen LogP contribution in [0.5, 0.6) is 0 Å². The highest BCUT2D eigenvalue weighted by Gasteiger charge is 2.31. The summed E-state index contributed by atoms with van der Waals surface area (Å²) in [6.07, 6.45) is -0.223. The smallest absolute Gasteiger partial charge is 0.370 e. The molecule has 0 unspecified atom stereocenters. The zero-order valence-corrected chi connectivity index (χ0v) is 13.2. The fourth-order valence-electron chi connectivity index (χ4n) is 2.63. The predicted octanol–water partition coefficient (Wildman–Crippen LogP) is 4.60. The molecule has 1 aliphatic rings. The second-order valence-electron chi connectivity index (χ2n) is 5.87. The summed E-state index contributed by atoms with van der Waals surface area (Å²) in [6.45, 7) is 6.61.